The first kappa shape index (κ1) is 17.2. The summed E-state index contributed by atoms with van der Waals surface area (Å²) < 4.78 is 44.8. The lowest BCUT2D eigenvalue weighted by molar-refractivity contribution is 0.359. The molecule has 0 unspecified atom stereocenters. The Labute approximate surface area is 124 Å². The van der Waals surface area contributed by atoms with Gasteiger partial charge in [-0.1, -0.05) is 0 Å². The van der Waals surface area contributed by atoms with Crippen LogP contribution in [0.1, 0.15) is 20.3 Å². The molecule has 0 radical (unpaired) electrons. The Morgan fingerprint density at radius 2 is 2.10 bits per heavy atom. The van der Waals surface area contributed by atoms with Crippen LogP contribution in [0.5, 0.6) is 5.75 Å². The van der Waals surface area contributed by atoms with E-state index in [-0.39, 0.29) is 35.3 Å². The Bertz CT molecular complexity index is 630. The zero-order chi connectivity index (χ0) is 16.2. The maximum atomic E-state index is 13.8. The zero-order valence-corrected chi connectivity index (χ0v) is 12.9. The number of sulfonamides is 1. The van der Waals surface area contributed by atoms with E-state index in [0.717, 1.165) is 16.4 Å². The number of ether oxygens (including phenoxy) is 1. The minimum Gasteiger partial charge on any atom is -0.492 e. The van der Waals surface area contributed by atoms with Crippen LogP contribution < -0.4 is 10.5 Å². The SMILES string of the molecule is COc1c(N)cc(S(=O)(=O)N(CCC#N)C(C)C)cc1F. The fourth-order valence-electron chi connectivity index (χ4n) is 1.90. The standard InChI is InChI=1S/C13H18FN3O3S/c1-9(2)17(6-4-5-15)21(18,19)10-7-11(14)13(20-3)12(16)8-10/h7-9H,4,6,16H2,1-3H3. The van der Waals surface area contributed by atoms with Crippen LogP contribution in [0.4, 0.5) is 10.1 Å². The second-order valence-electron chi connectivity index (χ2n) is 4.65. The van der Waals surface area contributed by atoms with Crippen LogP contribution in [0.25, 0.3) is 0 Å². The van der Waals surface area contributed by atoms with Crippen molar-refractivity contribution >= 4 is 15.7 Å². The lowest BCUT2D eigenvalue weighted by atomic mass is 10.3. The van der Waals surface area contributed by atoms with Gasteiger partial charge in [-0.2, -0.15) is 9.57 Å². The minimum atomic E-state index is -3.94. The molecule has 0 aliphatic carbocycles. The Hall–Kier alpha value is -1.85. The predicted octanol–water partition coefficient (Wildman–Crippen LogP) is 1.73. The number of nitrogen functional groups attached to an aromatic ring is 1. The molecule has 0 aromatic heterocycles. The number of anilines is 1. The first-order valence-electron chi connectivity index (χ1n) is 6.27. The van der Waals surface area contributed by atoms with Gasteiger partial charge in [0.15, 0.2) is 11.6 Å². The first-order chi connectivity index (χ1) is 9.75. The number of halogens is 1. The summed E-state index contributed by atoms with van der Waals surface area (Å²) in [5, 5.41) is 8.62. The maximum Gasteiger partial charge on any atom is 0.243 e. The van der Waals surface area contributed by atoms with Crippen molar-refractivity contribution in [2.45, 2.75) is 31.2 Å². The third-order valence-corrected chi connectivity index (χ3v) is 4.93. The van der Waals surface area contributed by atoms with Gasteiger partial charge in [0.1, 0.15) is 0 Å². The Morgan fingerprint density at radius 3 is 2.52 bits per heavy atom. The van der Waals surface area contributed by atoms with Gasteiger partial charge in [-0.05, 0) is 26.0 Å². The lowest BCUT2D eigenvalue weighted by Gasteiger charge is -2.25. The van der Waals surface area contributed by atoms with Gasteiger partial charge >= 0.3 is 0 Å². The maximum absolute atomic E-state index is 13.8. The van der Waals surface area contributed by atoms with Crippen LogP contribution in [-0.2, 0) is 10.0 Å². The third-order valence-electron chi connectivity index (χ3n) is 2.88. The second-order valence-corrected chi connectivity index (χ2v) is 6.54. The van der Waals surface area contributed by atoms with Gasteiger partial charge in [-0.15, -0.1) is 0 Å². The molecule has 0 aliphatic heterocycles. The average Bonchev–Trinajstić information content (AvgIpc) is 2.38. The highest BCUT2D eigenvalue weighted by atomic mass is 32.2. The summed E-state index contributed by atoms with van der Waals surface area (Å²) in [4.78, 5) is -0.259. The predicted molar refractivity (Wildman–Crippen MR) is 76.6 cm³/mol. The molecule has 116 valence electrons. The van der Waals surface area contributed by atoms with E-state index in [1.807, 2.05) is 6.07 Å². The van der Waals surface area contributed by atoms with E-state index in [1.165, 1.54) is 7.11 Å². The molecule has 0 fully saturated rings. The number of nitriles is 1. The number of benzene rings is 1. The number of nitrogens with zero attached hydrogens (tertiary/aromatic N) is 2. The molecule has 8 heteroatoms. The van der Waals surface area contributed by atoms with Gasteiger partial charge < -0.3 is 10.5 Å². The number of hydrogen-bond donors (Lipinski definition) is 1. The van der Waals surface area contributed by atoms with Crippen molar-refractivity contribution in [3.63, 3.8) is 0 Å². The molecule has 6 nitrogen and oxygen atoms in total. The number of rotatable bonds is 6. The Kier molecular flexibility index (Phi) is 5.52. The molecule has 2 N–H and O–H groups in total. The van der Waals surface area contributed by atoms with E-state index in [0.29, 0.717) is 0 Å². The third kappa shape index (κ3) is 3.62. The summed E-state index contributed by atoms with van der Waals surface area (Å²) in [6.45, 7) is 3.39. The Balaban J connectivity index is 3.32. The van der Waals surface area contributed by atoms with Crippen molar-refractivity contribution in [2.24, 2.45) is 0 Å². The van der Waals surface area contributed by atoms with Gasteiger partial charge in [0.25, 0.3) is 0 Å². The van der Waals surface area contributed by atoms with E-state index in [9.17, 15) is 12.8 Å². The average molecular weight is 315 g/mol. The van der Waals surface area contributed by atoms with Crippen LogP contribution in [0.3, 0.4) is 0 Å². The van der Waals surface area contributed by atoms with Gasteiger partial charge in [-0.3, -0.25) is 0 Å². The number of methoxy groups -OCH3 is 1. The van der Waals surface area contributed by atoms with E-state index >= 15 is 0 Å². The van der Waals surface area contributed by atoms with Gasteiger partial charge in [-0.25, -0.2) is 12.8 Å². The van der Waals surface area contributed by atoms with Gasteiger partial charge in [0, 0.05) is 19.0 Å². The molecule has 1 aromatic rings. The molecule has 0 saturated carbocycles. The van der Waals surface area contributed by atoms with Crippen LogP contribution in [0.2, 0.25) is 0 Å². The monoisotopic (exact) mass is 315 g/mol. The highest BCUT2D eigenvalue weighted by Gasteiger charge is 2.28. The molecular formula is C13H18FN3O3S. The summed E-state index contributed by atoms with van der Waals surface area (Å²) in [5.41, 5.74) is 5.51. The molecule has 0 spiro atoms. The highest BCUT2D eigenvalue weighted by molar-refractivity contribution is 7.89. The highest BCUT2D eigenvalue weighted by Crippen LogP contribution is 2.30. The topological polar surface area (TPSA) is 96.4 Å². The molecule has 0 saturated heterocycles. The van der Waals surface area contributed by atoms with Crippen molar-refractivity contribution in [3.05, 3.63) is 17.9 Å². The molecule has 21 heavy (non-hydrogen) atoms. The molecule has 0 aliphatic rings. The summed E-state index contributed by atoms with van der Waals surface area (Å²) in [6, 6.07) is 3.55. The van der Waals surface area contributed by atoms with E-state index < -0.39 is 15.8 Å². The van der Waals surface area contributed by atoms with Crippen molar-refractivity contribution in [3.8, 4) is 11.8 Å². The summed E-state index contributed by atoms with van der Waals surface area (Å²) in [7, 11) is -2.69. The largest absolute Gasteiger partial charge is 0.492 e. The Morgan fingerprint density at radius 1 is 1.48 bits per heavy atom. The van der Waals surface area contributed by atoms with E-state index in [4.69, 9.17) is 15.7 Å². The normalized spacial score (nSPS) is 11.7. The molecule has 1 aromatic carbocycles. The van der Waals surface area contributed by atoms with Crippen molar-refractivity contribution in [1.82, 2.24) is 4.31 Å². The van der Waals surface area contributed by atoms with Gasteiger partial charge in [0.2, 0.25) is 10.0 Å². The smallest absolute Gasteiger partial charge is 0.243 e. The lowest BCUT2D eigenvalue weighted by Crippen LogP contribution is -2.37. The minimum absolute atomic E-state index is 0.0318. The number of nitrogens with two attached hydrogens (primary N) is 1. The van der Waals surface area contributed by atoms with Crippen LogP contribution in [0.15, 0.2) is 17.0 Å². The fraction of sp³-hybridized carbons (Fsp3) is 0.462. The van der Waals surface area contributed by atoms with Crippen LogP contribution in [0, 0.1) is 17.1 Å². The molecule has 0 bridgehead atoms. The van der Waals surface area contributed by atoms with Crippen molar-refractivity contribution < 1.29 is 17.5 Å². The van der Waals surface area contributed by atoms with Gasteiger partial charge in [0.05, 0.1) is 23.8 Å². The second kappa shape index (κ2) is 6.74. The summed E-state index contributed by atoms with van der Waals surface area (Å²) in [5.74, 6) is -1.04. The molecule has 0 amide bonds. The van der Waals surface area contributed by atoms with Crippen LogP contribution >= 0.6 is 0 Å². The number of hydrogen-bond acceptors (Lipinski definition) is 5. The van der Waals surface area contributed by atoms with Crippen LogP contribution in [-0.4, -0.2) is 32.4 Å². The molecule has 0 heterocycles. The fourth-order valence-corrected chi connectivity index (χ4v) is 3.59. The van der Waals surface area contributed by atoms with E-state index in [1.54, 1.807) is 13.8 Å². The first-order valence-corrected chi connectivity index (χ1v) is 7.71. The van der Waals surface area contributed by atoms with Crippen molar-refractivity contribution in [1.29, 1.82) is 5.26 Å². The van der Waals surface area contributed by atoms with Crippen molar-refractivity contribution in [2.75, 3.05) is 19.4 Å². The zero-order valence-electron chi connectivity index (χ0n) is 12.1. The quantitative estimate of drug-likeness (QED) is 0.806. The summed E-state index contributed by atoms with van der Waals surface area (Å²) in [6.07, 6.45) is 0.0472. The summed E-state index contributed by atoms with van der Waals surface area (Å²) >= 11 is 0. The molecule has 1 rings (SSSR count). The van der Waals surface area contributed by atoms with E-state index in [2.05, 4.69) is 0 Å². The molecular weight excluding hydrogens is 297 g/mol. The molecule has 0 atom stereocenters.